The molecule has 0 radical (unpaired) electrons. The van der Waals surface area contributed by atoms with Gasteiger partial charge >= 0.3 is 12.3 Å². The van der Waals surface area contributed by atoms with Crippen molar-refractivity contribution in [2.75, 3.05) is 29.3 Å². The van der Waals surface area contributed by atoms with Gasteiger partial charge in [0.15, 0.2) is 0 Å². The average molecular weight is 558 g/mol. The predicted molar refractivity (Wildman–Crippen MR) is 148 cm³/mol. The lowest BCUT2D eigenvalue weighted by molar-refractivity contribution is -0.137. The molecule has 206 valence electrons. The minimum atomic E-state index is -4.56. The molecular formula is C28H30F3N5O2S. The Balaban J connectivity index is 1.64. The van der Waals surface area contributed by atoms with Crippen molar-refractivity contribution in [2.24, 2.45) is 0 Å². The topological polar surface area (TPSA) is 79.4 Å². The van der Waals surface area contributed by atoms with Crippen molar-refractivity contribution in [3.63, 3.8) is 0 Å². The highest BCUT2D eigenvalue weighted by molar-refractivity contribution is 8.00. The highest BCUT2D eigenvalue weighted by atomic mass is 32.2. The molecule has 1 aromatic carbocycles. The first-order valence-electron chi connectivity index (χ1n) is 12.5. The number of hydrogen-bond acceptors (Lipinski definition) is 7. The molecule has 4 rings (SSSR count). The second kappa shape index (κ2) is 12.0. The third-order valence-electron chi connectivity index (χ3n) is 5.62. The fourth-order valence-corrected chi connectivity index (χ4v) is 4.55. The maximum Gasteiger partial charge on any atom is 0.418 e. The first-order valence-corrected chi connectivity index (χ1v) is 13.3. The van der Waals surface area contributed by atoms with Gasteiger partial charge in [-0.25, -0.2) is 14.8 Å². The van der Waals surface area contributed by atoms with E-state index in [4.69, 9.17) is 9.72 Å². The molecule has 0 fully saturated rings. The molecule has 0 spiro atoms. The van der Waals surface area contributed by atoms with Gasteiger partial charge in [-0.15, -0.1) is 0 Å². The van der Waals surface area contributed by atoms with E-state index in [-0.39, 0.29) is 11.5 Å². The molecule has 7 nitrogen and oxygen atoms in total. The number of aromatic nitrogens is 2. The van der Waals surface area contributed by atoms with Crippen molar-refractivity contribution in [3.05, 3.63) is 71.8 Å². The van der Waals surface area contributed by atoms with Crippen molar-refractivity contribution >= 4 is 35.8 Å². The number of alkyl halides is 3. The quantitative estimate of drug-likeness (QED) is 0.335. The molecule has 2 aromatic heterocycles. The van der Waals surface area contributed by atoms with Crippen molar-refractivity contribution in [3.8, 4) is 11.3 Å². The number of benzene rings is 1. The Hall–Kier alpha value is -3.73. The molecule has 1 amide bonds. The third kappa shape index (κ3) is 7.89. The number of hydrogen-bond donors (Lipinski definition) is 2. The van der Waals surface area contributed by atoms with E-state index in [1.54, 1.807) is 51.1 Å². The van der Waals surface area contributed by atoms with Crippen LogP contribution in [-0.4, -0.2) is 41.3 Å². The van der Waals surface area contributed by atoms with Crippen LogP contribution in [0.4, 0.5) is 29.6 Å². The number of amides is 1. The van der Waals surface area contributed by atoms with Crippen LogP contribution in [-0.2, 0) is 10.9 Å². The molecule has 11 heteroatoms. The van der Waals surface area contributed by atoms with Gasteiger partial charge in [-0.05, 0) is 57.0 Å². The zero-order valence-electron chi connectivity index (χ0n) is 21.9. The van der Waals surface area contributed by atoms with Crippen molar-refractivity contribution in [1.82, 2.24) is 15.3 Å². The Morgan fingerprint density at radius 1 is 1.08 bits per heavy atom. The molecule has 0 atom stereocenters. The third-order valence-corrected chi connectivity index (χ3v) is 6.37. The van der Waals surface area contributed by atoms with Gasteiger partial charge in [-0.2, -0.15) is 13.2 Å². The van der Waals surface area contributed by atoms with E-state index in [1.165, 1.54) is 6.07 Å². The van der Waals surface area contributed by atoms with Crippen LogP contribution in [0.1, 0.15) is 38.3 Å². The number of alkyl carbamates (subject to hydrolysis) is 1. The molecule has 4 bridgehead atoms. The lowest BCUT2D eigenvalue weighted by atomic mass is 9.99. The molecule has 1 aliphatic heterocycles. The minimum Gasteiger partial charge on any atom is -0.444 e. The van der Waals surface area contributed by atoms with Gasteiger partial charge < -0.3 is 19.7 Å². The SMILES string of the molecule is CC(C)(C)OC(=O)NCCN1CC/C=C/c2ccccc2-c2nc(ccc2C(F)(F)F)NSc2cccc1n2. The van der Waals surface area contributed by atoms with Gasteiger partial charge in [0.1, 0.15) is 22.3 Å². The van der Waals surface area contributed by atoms with Crippen LogP contribution in [0.2, 0.25) is 0 Å². The molecule has 2 N–H and O–H groups in total. The number of anilines is 2. The Bertz CT molecular complexity index is 1340. The van der Waals surface area contributed by atoms with Gasteiger partial charge in [0.2, 0.25) is 0 Å². The number of carbonyl (C=O) groups is 1. The van der Waals surface area contributed by atoms with E-state index < -0.39 is 23.4 Å². The Labute approximate surface area is 230 Å². The van der Waals surface area contributed by atoms with Gasteiger partial charge in [0.25, 0.3) is 0 Å². The molecule has 0 saturated heterocycles. The summed E-state index contributed by atoms with van der Waals surface area (Å²) in [6.07, 6.45) is -0.728. The monoisotopic (exact) mass is 557 g/mol. The zero-order chi connectivity index (χ0) is 28.0. The summed E-state index contributed by atoms with van der Waals surface area (Å²) in [4.78, 5) is 23.2. The largest absolute Gasteiger partial charge is 0.444 e. The summed E-state index contributed by atoms with van der Waals surface area (Å²) in [5.41, 5.74) is -0.510. The summed E-state index contributed by atoms with van der Waals surface area (Å²) in [5.74, 6) is 0.986. The molecular weight excluding hydrogens is 527 g/mol. The van der Waals surface area contributed by atoms with Gasteiger partial charge in [0.05, 0.1) is 11.3 Å². The molecule has 0 saturated carbocycles. The van der Waals surface area contributed by atoms with Gasteiger partial charge in [0, 0.05) is 37.1 Å². The van der Waals surface area contributed by atoms with E-state index in [0.29, 0.717) is 48.0 Å². The van der Waals surface area contributed by atoms with Crippen molar-refractivity contribution in [1.29, 1.82) is 0 Å². The van der Waals surface area contributed by atoms with E-state index >= 15 is 0 Å². The number of pyridine rings is 2. The summed E-state index contributed by atoms with van der Waals surface area (Å²) >= 11 is 1.16. The predicted octanol–water partition coefficient (Wildman–Crippen LogP) is 7.03. The number of halogens is 3. The van der Waals surface area contributed by atoms with Gasteiger partial charge in [-0.1, -0.05) is 42.5 Å². The zero-order valence-corrected chi connectivity index (χ0v) is 22.7. The average Bonchev–Trinajstić information content (AvgIpc) is 2.87. The number of nitrogens with zero attached hydrogens (tertiary/aromatic N) is 3. The molecule has 0 aliphatic carbocycles. The van der Waals surface area contributed by atoms with Gasteiger partial charge in [-0.3, -0.25) is 0 Å². The highest BCUT2D eigenvalue weighted by Crippen LogP contribution is 2.38. The smallest absolute Gasteiger partial charge is 0.418 e. The Morgan fingerprint density at radius 3 is 2.64 bits per heavy atom. The van der Waals surface area contributed by atoms with Crippen molar-refractivity contribution in [2.45, 2.75) is 44.0 Å². The number of rotatable bonds is 3. The van der Waals surface area contributed by atoms with E-state index in [1.807, 2.05) is 29.2 Å². The van der Waals surface area contributed by atoms with E-state index in [2.05, 4.69) is 15.0 Å². The summed E-state index contributed by atoms with van der Waals surface area (Å²) < 4.78 is 50.1. The van der Waals surface area contributed by atoms with Crippen LogP contribution in [0.5, 0.6) is 0 Å². The summed E-state index contributed by atoms with van der Waals surface area (Å²) in [6, 6.07) is 14.8. The molecule has 3 heterocycles. The number of nitrogens with one attached hydrogen (secondary N) is 2. The van der Waals surface area contributed by atoms with Crippen LogP contribution in [0.3, 0.4) is 0 Å². The number of fused-ring (bicyclic) bond motifs is 6. The Morgan fingerprint density at radius 2 is 1.87 bits per heavy atom. The summed E-state index contributed by atoms with van der Waals surface area (Å²) in [7, 11) is 0. The lowest BCUT2D eigenvalue weighted by Crippen LogP contribution is -2.38. The molecule has 39 heavy (non-hydrogen) atoms. The van der Waals surface area contributed by atoms with Crippen LogP contribution in [0.25, 0.3) is 17.3 Å². The van der Waals surface area contributed by atoms with Crippen LogP contribution in [0, 0.1) is 0 Å². The van der Waals surface area contributed by atoms with Crippen LogP contribution in [0.15, 0.2) is 65.7 Å². The second-order valence-corrected chi connectivity index (χ2v) is 10.6. The first-order chi connectivity index (χ1) is 18.5. The van der Waals surface area contributed by atoms with Crippen LogP contribution < -0.4 is 14.9 Å². The molecule has 1 aliphatic rings. The molecule has 3 aromatic rings. The standard InChI is InChI=1S/C28H30F3N5O2S/c1-27(2,3)38-26(37)32-16-18-36-17-7-6-10-19-9-4-5-11-20(19)25-21(28(29,30)31)14-15-22(33-25)35-39-24-13-8-12-23(36)34-24/h4-6,8-15H,7,16-18H2,1-3H3,(H,32,37)(H,33,35)/b10-6+. The number of ether oxygens (including phenoxy) is 1. The Kier molecular flexibility index (Phi) is 8.69. The molecule has 0 unspecified atom stereocenters. The first kappa shape index (κ1) is 28.3. The van der Waals surface area contributed by atoms with Crippen molar-refractivity contribution < 1.29 is 22.7 Å². The second-order valence-electron chi connectivity index (χ2n) is 9.82. The fourth-order valence-electron chi connectivity index (χ4n) is 3.94. The summed E-state index contributed by atoms with van der Waals surface area (Å²) in [5, 5.41) is 3.39. The normalized spacial score (nSPS) is 14.8. The van der Waals surface area contributed by atoms with E-state index in [0.717, 1.165) is 18.0 Å². The lowest BCUT2D eigenvalue weighted by Gasteiger charge is -2.25. The fraction of sp³-hybridized carbons (Fsp3) is 0.321. The minimum absolute atomic E-state index is 0.139. The maximum absolute atomic E-state index is 13.9. The highest BCUT2D eigenvalue weighted by Gasteiger charge is 2.35. The number of carbonyl (C=O) groups excluding carboxylic acids is 1. The van der Waals surface area contributed by atoms with Crippen LogP contribution >= 0.6 is 11.9 Å². The van der Waals surface area contributed by atoms with E-state index in [9.17, 15) is 18.0 Å². The summed E-state index contributed by atoms with van der Waals surface area (Å²) in [6.45, 7) is 6.80. The maximum atomic E-state index is 13.9.